The van der Waals surface area contributed by atoms with Gasteiger partial charge in [0.25, 0.3) is 0 Å². The second-order valence-corrected chi connectivity index (χ2v) is 8.56. The van der Waals surface area contributed by atoms with E-state index in [1.54, 1.807) is 0 Å². The van der Waals surface area contributed by atoms with Gasteiger partial charge < -0.3 is 9.64 Å². The van der Waals surface area contributed by atoms with Gasteiger partial charge in [0.05, 0.1) is 25.3 Å². The fourth-order valence-corrected chi connectivity index (χ4v) is 4.71. The zero-order chi connectivity index (χ0) is 20.1. The fourth-order valence-electron chi connectivity index (χ4n) is 4.71. The molecule has 2 aromatic rings. The Morgan fingerprint density at radius 3 is 2.52 bits per heavy atom. The zero-order valence-electron chi connectivity index (χ0n) is 17.7. The summed E-state index contributed by atoms with van der Waals surface area (Å²) >= 11 is 0. The van der Waals surface area contributed by atoms with Crippen LogP contribution >= 0.6 is 0 Å². The molecule has 2 aliphatic rings. The summed E-state index contributed by atoms with van der Waals surface area (Å²) in [5.74, 6) is 0.402. The molecule has 0 N–H and O–H groups in total. The summed E-state index contributed by atoms with van der Waals surface area (Å²) in [7, 11) is 0. The lowest BCUT2D eigenvalue weighted by molar-refractivity contribution is 0.0606. The number of likely N-dealkylation sites (tertiary alicyclic amines) is 1. The van der Waals surface area contributed by atoms with Gasteiger partial charge in [-0.25, -0.2) is 0 Å². The van der Waals surface area contributed by atoms with Gasteiger partial charge in [0.2, 0.25) is 0 Å². The van der Waals surface area contributed by atoms with Gasteiger partial charge in [0.15, 0.2) is 0 Å². The molecule has 1 saturated heterocycles. The topological polar surface area (TPSA) is 15.7 Å². The summed E-state index contributed by atoms with van der Waals surface area (Å²) in [6.45, 7) is 11.0. The molecule has 0 spiro atoms. The third-order valence-corrected chi connectivity index (χ3v) is 6.43. The predicted octanol–water partition coefficient (Wildman–Crippen LogP) is 5.09. The second-order valence-electron chi connectivity index (χ2n) is 8.56. The maximum Gasteiger partial charge on any atom is 0.0639 e. The van der Waals surface area contributed by atoms with Gasteiger partial charge >= 0.3 is 0 Å². The third kappa shape index (κ3) is 4.73. The molecular formula is C26H34N2O. The molecule has 0 amide bonds. The summed E-state index contributed by atoms with van der Waals surface area (Å²) in [4.78, 5) is 5.27. The van der Waals surface area contributed by atoms with Crippen LogP contribution < -0.4 is 4.90 Å². The van der Waals surface area contributed by atoms with Gasteiger partial charge in [-0.1, -0.05) is 61.5 Å². The SMILES string of the molecule is C=CC(C)COCC(CN1c2ccccc2CC1c1ccccc1)N1CCCC1. The van der Waals surface area contributed by atoms with E-state index in [9.17, 15) is 0 Å². The highest BCUT2D eigenvalue weighted by Gasteiger charge is 2.33. The van der Waals surface area contributed by atoms with Crippen LogP contribution in [0.15, 0.2) is 67.3 Å². The van der Waals surface area contributed by atoms with Crippen LogP contribution in [0.5, 0.6) is 0 Å². The minimum absolute atomic E-state index is 0.402. The van der Waals surface area contributed by atoms with Crippen LogP contribution in [0.25, 0.3) is 0 Å². The zero-order valence-corrected chi connectivity index (χ0v) is 17.7. The Morgan fingerprint density at radius 2 is 1.76 bits per heavy atom. The van der Waals surface area contributed by atoms with Gasteiger partial charge in [-0.3, -0.25) is 4.90 Å². The van der Waals surface area contributed by atoms with Crippen LogP contribution in [-0.2, 0) is 11.2 Å². The molecule has 0 radical (unpaired) electrons. The number of hydrogen-bond donors (Lipinski definition) is 0. The molecular weight excluding hydrogens is 356 g/mol. The van der Waals surface area contributed by atoms with Crippen LogP contribution in [0.2, 0.25) is 0 Å². The van der Waals surface area contributed by atoms with Crippen molar-refractivity contribution in [1.82, 2.24) is 4.90 Å². The van der Waals surface area contributed by atoms with Crippen molar-refractivity contribution in [3.63, 3.8) is 0 Å². The van der Waals surface area contributed by atoms with Crippen molar-refractivity contribution in [2.24, 2.45) is 5.92 Å². The molecule has 0 saturated carbocycles. The molecule has 1 fully saturated rings. The summed E-state index contributed by atoms with van der Waals surface area (Å²) in [6.07, 6.45) is 5.67. The lowest BCUT2D eigenvalue weighted by atomic mass is 10.0. The molecule has 29 heavy (non-hydrogen) atoms. The van der Waals surface area contributed by atoms with E-state index in [-0.39, 0.29) is 0 Å². The number of benzene rings is 2. The maximum atomic E-state index is 6.16. The van der Waals surface area contributed by atoms with Crippen LogP contribution in [0.1, 0.15) is 36.9 Å². The Morgan fingerprint density at radius 1 is 1.03 bits per heavy atom. The third-order valence-electron chi connectivity index (χ3n) is 6.43. The fraction of sp³-hybridized carbons (Fsp3) is 0.462. The minimum atomic E-state index is 0.402. The summed E-state index contributed by atoms with van der Waals surface area (Å²) in [6, 6.07) is 20.7. The van der Waals surface area contributed by atoms with E-state index in [4.69, 9.17) is 4.74 Å². The number of anilines is 1. The van der Waals surface area contributed by atoms with Crippen molar-refractivity contribution >= 4 is 5.69 Å². The molecule has 3 heteroatoms. The van der Waals surface area contributed by atoms with Crippen LogP contribution in [-0.4, -0.2) is 43.8 Å². The standard InChI is InChI=1S/C26H34N2O/c1-3-21(2)19-29-20-24(27-15-9-10-16-27)18-28-25-14-8-7-13-23(25)17-26(28)22-11-5-4-6-12-22/h3-8,11-14,21,24,26H,1,9-10,15-20H2,2H3. The molecule has 0 aromatic heterocycles. The number of fused-ring (bicyclic) bond motifs is 1. The Bertz CT molecular complexity index is 784. The van der Waals surface area contributed by atoms with Gasteiger partial charge in [0, 0.05) is 12.2 Å². The molecule has 154 valence electrons. The van der Waals surface area contributed by atoms with Crippen molar-refractivity contribution in [3.8, 4) is 0 Å². The molecule has 0 aliphatic carbocycles. The number of hydrogen-bond acceptors (Lipinski definition) is 3. The molecule has 3 nitrogen and oxygen atoms in total. The first-order chi connectivity index (χ1) is 14.3. The predicted molar refractivity (Wildman–Crippen MR) is 121 cm³/mol. The molecule has 4 rings (SSSR count). The average molecular weight is 391 g/mol. The van der Waals surface area contributed by atoms with E-state index in [2.05, 4.69) is 77.9 Å². The van der Waals surface area contributed by atoms with Crippen molar-refractivity contribution in [2.75, 3.05) is 37.7 Å². The Hall–Kier alpha value is -2.10. The van der Waals surface area contributed by atoms with Crippen molar-refractivity contribution < 1.29 is 4.74 Å². The van der Waals surface area contributed by atoms with Gasteiger partial charge in [-0.05, 0) is 55.5 Å². The Kier molecular flexibility index (Phi) is 6.68. The van der Waals surface area contributed by atoms with E-state index >= 15 is 0 Å². The molecule has 2 aromatic carbocycles. The monoisotopic (exact) mass is 390 g/mol. The van der Waals surface area contributed by atoms with Crippen molar-refractivity contribution in [3.05, 3.63) is 78.4 Å². The second kappa shape index (κ2) is 9.60. The van der Waals surface area contributed by atoms with Gasteiger partial charge in [-0.15, -0.1) is 6.58 Å². The van der Waals surface area contributed by atoms with E-state index in [1.807, 2.05) is 6.08 Å². The average Bonchev–Trinajstić information content (AvgIpc) is 3.42. The first-order valence-electron chi connectivity index (χ1n) is 11.1. The normalized spacial score (nSPS) is 21.1. The van der Waals surface area contributed by atoms with Crippen LogP contribution in [0, 0.1) is 5.92 Å². The first-order valence-corrected chi connectivity index (χ1v) is 11.1. The van der Waals surface area contributed by atoms with Gasteiger partial charge in [-0.2, -0.15) is 0 Å². The highest BCUT2D eigenvalue weighted by atomic mass is 16.5. The highest BCUT2D eigenvalue weighted by molar-refractivity contribution is 5.61. The Balaban J connectivity index is 1.55. The molecule has 2 aliphatic heterocycles. The first kappa shape index (κ1) is 20.2. The molecule has 3 atom stereocenters. The van der Waals surface area contributed by atoms with E-state index in [0.29, 0.717) is 18.0 Å². The maximum absolute atomic E-state index is 6.16. The van der Waals surface area contributed by atoms with Crippen molar-refractivity contribution in [2.45, 2.75) is 38.3 Å². The number of nitrogens with zero attached hydrogens (tertiary/aromatic N) is 2. The van der Waals surface area contributed by atoms with E-state index in [1.165, 1.54) is 42.7 Å². The highest BCUT2D eigenvalue weighted by Crippen LogP contribution is 2.40. The number of rotatable bonds is 9. The summed E-state index contributed by atoms with van der Waals surface area (Å²) in [5.41, 5.74) is 4.26. The minimum Gasteiger partial charge on any atom is -0.379 e. The smallest absolute Gasteiger partial charge is 0.0639 e. The number of para-hydroxylation sites is 1. The number of ether oxygens (including phenoxy) is 1. The van der Waals surface area contributed by atoms with E-state index in [0.717, 1.165) is 26.2 Å². The largest absolute Gasteiger partial charge is 0.379 e. The van der Waals surface area contributed by atoms with E-state index < -0.39 is 0 Å². The summed E-state index contributed by atoms with van der Waals surface area (Å²) in [5, 5.41) is 0. The quantitative estimate of drug-likeness (QED) is 0.555. The summed E-state index contributed by atoms with van der Waals surface area (Å²) < 4.78 is 6.16. The molecule has 2 heterocycles. The molecule has 3 unspecified atom stereocenters. The molecule has 0 bridgehead atoms. The van der Waals surface area contributed by atoms with Crippen LogP contribution in [0.4, 0.5) is 5.69 Å². The lowest BCUT2D eigenvalue weighted by Crippen LogP contribution is -2.46. The van der Waals surface area contributed by atoms with Crippen molar-refractivity contribution in [1.29, 1.82) is 0 Å². The van der Waals surface area contributed by atoms with Crippen LogP contribution in [0.3, 0.4) is 0 Å². The van der Waals surface area contributed by atoms with Gasteiger partial charge in [0.1, 0.15) is 0 Å². The lowest BCUT2D eigenvalue weighted by Gasteiger charge is -2.36. The Labute approximate surface area is 176 Å².